The SMILES string of the molecule is CC(C)=Cc1cc(NC(=O)c2nccnc2C)ccc1-c1ccc(C(F)(F)F)cc1. The Morgan fingerprint density at radius 3 is 2.27 bits per heavy atom. The number of carbonyl (C=O) groups excluding carboxylic acids is 1. The first-order valence-corrected chi connectivity index (χ1v) is 9.20. The van der Waals surface area contributed by atoms with Gasteiger partial charge in [0.05, 0.1) is 11.3 Å². The van der Waals surface area contributed by atoms with E-state index in [1.165, 1.54) is 24.5 Å². The molecular weight excluding hydrogens is 391 g/mol. The molecule has 0 radical (unpaired) electrons. The van der Waals surface area contributed by atoms with E-state index in [-0.39, 0.29) is 11.6 Å². The Labute approximate surface area is 172 Å². The van der Waals surface area contributed by atoms with Crippen LogP contribution in [0.25, 0.3) is 17.2 Å². The lowest BCUT2D eigenvalue weighted by Gasteiger charge is -2.13. The van der Waals surface area contributed by atoms with Gasteiger partial charge in [0.2, 0.25) is 0 Å². The van der Waals surface area contributed by atoms with Crippen LogP contribution >= 0.6 is 0 Å². The minimum Gasteiger partial charge on any atom is -0.321 e. The maximum atomic E-state index is 12.9. The van der Waals surface area contributed by atoms with E-state index in [0.29, 0.717) is 16.9 Å². The fourth-order valence-corrected chi connectivity index (χ4v) is 2.99. The van der Waals surface area contributed by atoms with Gasteiger partial charge in [-0.3, -0.25) is 9.78 Å². The van der Waals surface area contributed by atoms with Crippen molar-refractivity contribution in [1.82, 2.24) is 9.97 Å². The van der Waals surface area contributed by atoms with Gasteiger partial charge in [0, 0.05) is 18.1 Å². The number of rotatable bonds is 4. The summed E-state index contributed by atoms with van der Waals surface area (Å²) in [6, 6.07) is 10.3. The van der Waals surface area contributed by atoms with Gasteiger partial charge >= 0.3 is 6.18 Å². The van der Waals surface area contributed by atoms with Gasteiger partial charge in [0.15, 0.2) is 0 Å². The van der Waals surface area contributed by atoms with Crippen LogP contribution in [0.4, 0.5) is 18.9 Å². The molecule has 1 amide bonds. The van der Waals surface area contributed by atoms with E-state index < -0.39 is 11.7 Å². The van der Waals surface area contributed by atoms with Gasteiger partial charge in [0.1, 0.15) is 5.69 Å². The predicted molar refractivity (Wildman–Crippen MR) is 111 cm³/mol. The Bertz CT molecular complexity index is 1100. The van der Waals surface area contributed by atoms with Crippen molar-refractivity contribution in [2.24, 2.45) is 0 Å². The predicted octanol–water partition coefficient (Wildman–Crippen LogP) is 6.15. The molecule has 4 nitrogen and oxygen atoms in total. The molecule has 0 aliphatic heterocycles. The molecule has 3 aromatic rings. The maximum absolute atomic E-state index is 12.9. The number of aromatic nitrogens is 2. The van der Waals surface area contributed by atoms with E-state index in [2.05, 4.69) is 15.3 Å². The fourth-order valence-electron chi connectivity index (χ4n) is 2.99. The van der Waals surface area contributed by atoms with Crippen molar-refractivity contribution in [2.45, 2.75) is 26.9 Å². The number of amides is 1. The number of allylic oxidation sites excluding steroid dienone is 1. The van der Waals surface area contributed by atoms with Gasteiger partial charge in [-0.05, 0) is 61.7 Å². The van der Waals surface area contributed by atoms with Crippen LogP contribution in [0.3, 0.4) is 0 Å². The van der Waals surface area contributed by atoms with Crippen molar-refractivity contribution in [3.63, 3.8) is 0 Å². The molecule has 0 unspecified atom stereocenters. The molecule has 154 valence electrons. The van der Waals surface area contributed by atoms with Crippen LogP contribution in [0.5, 0.6) is 0 Å². The largest absolute Gasteiger partial charge is 0.416 e. The average molecular weight is 411 g/mol. The Hall–Kier alpha value is -3.48. The van der Waals surface area contributed by atoms with E-state index >= 15 is 0 Å². The molecule has 0 aliphatic rings. The third-order valence-electron chi connectivity index (χ3n) is 4.37. The number of aryl methyl sites for hydroxylation is 1. The third kappa shape index (κ3) is 4.92. The van der Waals surface area contributed by atoms with Crippen molar-refractivity contribution in [3.05, 3.63) is 82.9 Å². The Morgan fingerprint density at radius 1 is 1.00 bits per heavy atom. The van der Waals surface area contributed by atoms with Gasteiger partial charge in [-0.2, -0.15) is 13.2 Å². The quantitative estimate of drug-likeness (QED) is 0.561. The zero-order chi connectivity index (χ0) is 21.9. The minimum absolute atomic E-state index is 0.230. The zero-order valence-electron chi connectivity index (χ0n) is 16.7. The second kappa shape index (κ2) is 8.49. The van der Waals surface area contributed by atoms with Gasteiger partial charge < -0.3 is 5.32 Å². The highest BCUT2D eigenvalue weighted by Gasteiger charge is 2.30. The van der Waals surface area contributed by atoms with Gasteiger partial charge in [-0.25, -0.2) is 4.98 Å². The Morgan fingerprint density at radius 2 is 1.67 bits per heavy atom. The average Bonchev–Trinajstić information content (AvgIpc) is 2.67. The van der Waals surface area contributed by atoms with Gasteiger partial charge in [-0.15, -0.1) is 0 Å². The Balaban J connectivity index is 1.95. The summed E-state index contributed by atoms with van der Waals surface area (Å²) in [6.45, 7) is 5.54. The number of nitrogens with one attached hydrogen (secondary N) is 1. The van der Waals surface area contributed by atoms with Crippen LogP contribution < -0.4 is 5.32 Å². The monoisotopic (exact) mass is 411 g/mol. The van der Waals surface area contributed by atoms with Gasteiger partial charge in [0.25, 0.3) is 5.91 Å². The third-order valence-corrected chi connectivity index (χ3v) is 4.37. The molecule has 0 saturated carbocycles. The van der Waals surface area contributed by atoms with Crippen molar-refractivity contribution < 1.29 is 18.0 Å². The molecule has 30 heavy (non-hydrogen) atoms. The number of alkyl halides is 3. The number of nitrogens with zero attached hydrogens (tertiary/aromatic N) is 2. The van der Waals surface area contributed by atoms with Crippen LogP contribution in [-0.2, 0) is 6.18 Å². The summed E-state index contributed by atoms with van der Waals surface area (Å²) in [7, 11) is 0. The smallest absolute Gasteiger partial charge is 0.321 e. The second-order valence-electron chi connectivity index (χ2n) is 7.04. The minimum atomic E-state index is -4.38. The van der Waals surface area contributed by atoms with Crippen LogP contribution in [-0.4, -0.2) is 15.9 Å². The molecule has 1 N–H and O–H groups in total. The molecule has 7 heteroatoms. The molecule has 2 aromatic carbocycles. The van der Waals surface area contributed by atoms with E-state index in [0.717, 1.165) is 28.8 Å². The fraction of sp³-hybridized carbons (Fsp3) is 0.174. The summed E-state index contributed by atoms with van der Waals surface area (Å²) in [5.74, 6) is -0.383. The van der Waals surface area contributed by atoms with Crippen molar-refractivity contribution in [3.8, 4) is 11.1 Å². The lowest BCUT2D eigenvalue weighted by Crippen LogP contribution is -2.16. The molecule has 0 spiro atoms. The number of carbonyl (C=O) groups is 1. The summed E-state index contributed by atoms with van der Waals surface area (Å²) in [6.07, 6.45) is 0.492. The van der Waals surface area contributed by atoms with Crippen molar-refractivity contribution in [1.29, 1.82) is 0 Å². The van der Waals surface area contributed by atoms with E-state index in [1.54, 1.807) is 25.1 Å². The Kier molecular flexibility index (Phi) is 6.01. The highest BCUT2D eigenvalue weighted by molar-refractivity contribution is 6.03. The molecule has 0 saturated heterocycles. The van der Waals surface area contributed by atoms with Crippen LogP contribution in [0.1, 0.15) is 41.2 Å². The van der Waals surface area contributed by atoms with Crippen LogP contribution in [0.15, 0.2) is 60.4 Å². The van der Waals surface area contributed by atoms with Crippen molar-refractivity contribution >= 4 is 17.7 Å². The first kappa shape index (κ1) is 21.2. The molecule has 0 atom stereocenters. The summed E-state index contributed by atoms with van der Waals surface area (Å²) in [4.78, 5) is 20.6. The standard InChI is InChI=1S/C23H20F3N3O/c1-14(2)12-17-13-19(29-22(30)21-15(3)27-10-11-28-21)8-9-20(17)16-4-6-18(7-5-16)23(24,25)26/h4-13H,1-3H3,(H,29,30). The van der Waals surface area contributed by atoms with Crippen molar-refractivity contribution in [2.75, 3.05) is 5.32 Å². The highest BCUT2D eigenvalue weighted by Crippen LogP contribution is 2.33. The first-order chi connectivity index (χ1) is 14.1. The highest BCUT2D eigenvalue weighted by atomic mass is 19.4. The number of anilines is 1. The summed E-state index contributed by atoms with van der Waals surface area (Å²) >= 11 is 0. The summed E-state index contributed by atoms with van der Waals surface area (Å²) < 4.78 is 38.6. The molecule has 3 rings (SSSR count). The number of hydrogen-bond donors (Lipinski definition) is 1. The normalized spacial score (nSPS) is 11.1. The lowest BCUT2D eigenvalue weighted by molar-refractivity contribution is -0.137. The molecule has 0 bridgehead atoms. The summed E-state index contributed by atoms with van der Waals surface area (Å²) in [5.41, 5.74) is 3.80. The first-order valence-electron chi connectivity index (χ1n) is 9.20. The lowest BCUT2D eigenvalue weighted by atomic mass is 9.96. The topological polar surface area (TPSA) is 54.9 Å². The number of benzene rings is 2. The number of hydrogen-bond acceptors (Lipinski definition) is 3. The molecule has 0 aliphatic carbocycles. The molecule has 0 fully saturated rings. The zero-order valence-corrected chi connectivity index (χ0v) is 16.7. The van der Waals surface area contributed by atoms with Crippen LogP contribution in [0, 0.1) is 6.92 Å². The van der Waals surface area contributed by atoms with Crippen LogP contribution in [0.2, 0.25) is 0 Å². The summed E-state index contributed by atoms with van der Waals surface area (Å²) in [5, 5.41) is 2.80. The second-order valence-corrected chi connectivity index (χ2v) is 7.04. The molecular formula is C23H20F3N3O. The van der Waals surface area contributed by atoms with E-state index in [9.17, 15) is 18.0 Å². The van der Waals surface area contributed by atoms with E-state index in [4.69, 9.17) is 0 Å². The van der Waals surface area contributed by atoms with Gasteiger partial charge in [-0.1, -0.05) is 29.8 Å². The number of halogens is 3. The molecule has 1 heterocycles. The maximum Gasteiger partial charge on any atom is 0.416 e. The van der Waals surface area contributed by atoms with E-state index in [1.807, 2.05) is 19.9 Å². The molecule has 1 aromatic heterocycles.